The smallest absolute Gasteiger partial charge is 0.309 e. The molecule has 2 unspecified atom stereocenters. The first-order valence-corrected chi connectivity index (χ1v) is 13.6. The van der Waals surface area contributed by atoms with Crippen molar-refractivity contribution in [2.24, 2.45) is 11.8 Å². The molecule has 1 aliphatic carbocycles. The summed E-state index contributed by atoms with van der Waals surface area (Å²) < 4.78 is 47.4. The van der Waals surface area contributed by atoms with Crippen LogP contribution in [0.3, 0.4) is 0 Å². The molecule has 150 valence electrons. The Bertz CT molecular complexity index is 416. The number of rotatable bonds is 12. The van der Waals surface area contributed by atoms with Gasteiger partial charge in [-0.05, 0) is 58.8 Å². The van der Waals surface area contributed by atoms with Gasteiger partial charge in [-0.3, -0.25) is 9.13 Å². The van der Waals surface area contributed by atoms with E-state index in [1.165, 1.54) is 0 Å². The summed E-state index contributed by atoms with van der Waals surface area (Å²) in [5.74, 6) is 0.396. The highest BCUT2D eigenvalue weighted by Gasteiger charge is 2.38. The molecular formula is C16H33BrO6P2. The van der Waals surface area contributed by atoms with Gasteiger partial charge in [0.05, 0.1) is 38.8 Å². The maximum Gasteiger partial charge on any atom is 0.330 e. The Kier molecular flexibility index (Phi) is 11.0. The van der Waals surface area contributed by atoms with Gasteiger partial charge in [0.1, 0.15) is 0 Å². The van der Waals surface area contributed by atoms with Gasteiger partial charge in [-0.1, -0.05) is 15.9 Å². The van der Waals surface area contributed by atoms with Gasteiger partial charge in [0.25, 0.3) is 0 Å². The summed E-state index contributed by atoms with van der Waals surface area (Å²) in [7, 11) is -6.14. The molecule has 25 heavy (non-hydrogen) atoms. The first-order chi connectivity index (χ1) is 11.8. The molecule has 0 aromatic rings. The Morgan fingerprint density at radius 2 is 1.04 bits per heavy atom. The maximum absolute atomic E-state index is 12.8. The summed E-state index contributed by atoms with van der Waals surface area (Å²) in [5, 5.41) is 0. The third kappa shape index (κ3) is 8.55. The van der Waals surface area contributed by atoms with Crippen LogP contribution in [-0.2, 0) is 27.2 Å². The number of hydrogen-bond acceptors (Lipinski definition) is 6. The molecule has 1 fully saturated rings. The van der Waals surface area contributed by atoms with Crippen molar-refractivity contribution in [3.63, 3.8) is 0 Å². The summed E-state index contributed by atoms with van der Waals surface area (Å²) in [5.41, 5.74) is 0. The lowest BCUT2D eigenvalue weighted by atomic mass is 9.83. The molecular weight excluding hydrogens is 430 g/mol. The third-order valence-corrected chi connectivity index (χ3v) is 9.39. The summed E-state index contributed by atoms with van der Waals surface area (Å²) in [6.45, 7) is 8.77. The normalized spacial score (nSPS) is 25.2. The van der Waals surface area contributed by atoms with Crippen molar-refractivity contribution in [3.8, 4) is 0 Å². The van der Waals surface area contributed by atoms with Crippen LogP contribution < -0.4 is 0 Å². The highest BCUT2D eigenvalue weighted by atomic mass is 79.9. The fourth-order valence-corrected chi connectivity index (χ4v) is 8.55. The average Bonchev–Trinajstić information content (AvgIpc) is 2.46. The predicted molar refractivity (Wildman–Crippen MR) is 105 cm³/mol. The summed E-state index contributed by atoms with van der Waals surface area (Å²) >= 11 is 3.70. The lowest BCUT2D eigenvalue weighted by Crippen LogP contribution is -2.28. The molecule has 0 radical (unpaired) electrons. The maximum atomic E-state index is 12.8. The van der Waals surface area contributed by atoms with Crippen LogP contribution in [0.1, 0.15) is 47.0 Å². The van der Waals surface area contributed by atoms with Crippen molar-refractivity contribution in [1.82, 2.24) is 0 Å². The van der Waals surface area contributed by atoms with Crippen molar-refractivity contribution < 1.29 is 27.2 Å². The van der Waals surface area contributed by atoms with Crippen LogP contribution in [0.5, 0.6) is 0 Å². The van der Waals surface area contributed by atoms with E-state index < -0.39 is 15.2 Å². The lowest BCUT2D eigenvalue weighted by Gasteiger charge is -2.35. The van der Waals surface area contributed by atoms with Crippen LogP contribution in [0, 0.1) is 11.8 Å². The van der Waals surface area contributed by atoms with Gasteiger partial charge in [0.15, 0.2) is 0 Å². The van der Waals surface area contributed by atoms with Gasteiger partial charge in [0, 0.05) is 4.83 Å². The molecule has 0 N–H and O–H groups in total. The summed E-state index contributed by atoms with van der Waals surface area (Å²) in [6.07, 6.45) is 3.46. The zero-order chi connectivity index (χ0) is 18.9. The van der Waals surface area contributed by atoms with E-state index in [9.17, 15) is 9.13 Å². The Hall–Kier alpha value is 0.780. The molecule has 0 saturated heterocycles. The van der Waals surface area contributed by atoms with Crippen molar-refractivity contribution in [2.45, 2.75) is 51.8 Å². The minimum absolute atomic E-state index is 0.198. The van der Waals surface area contributed by atoms with Crippen LogP contribution >= 0.6 is 31.1 Å². The van der Waals surface area contributed by atoms with E-state index in [-0.39, 0.29) is 11.8 Å². The molecule has 0 aromatic heterocycles. The fraction of sp³-hybridized carbons (Fsp3) is 1.00. The molecule has 1 aliphatic rings. The highest BCUT2D eigenvalue weighted by Crippen LogP contribution is 2.55. The number of alkyl halides is 1. The Labute approximate surface area is 160 Å². The molecule has 0 bridgehead atoms. The molecule has 0 amide bonds. The monoisotopic (exact) mass is 462 g/mol. The van der Waals surface area contributed by atoms with E-state index in [0.29, 0.717) is 43.6 Å². The molecule has 0 aliphatic heterocycles. The van der Waals surface area contributed by atoms with Crippen molar-refractivity contribution in [3.05, 3.63) is 0 Å². The second-order valence-corrected chi connectivity index (χ2v) is 11.8. The van der Waals surface area contributed by atoms with E-state index in [1.54, 1.807) is 0 Å². The average molecular weight is 463 g/mol. The van der Waals surface area contributed by atoms with E-state index in [0.717, 1.165) is 19.3 Å². The third-order valence-electron chi connectivity index (χ3n) is 4.11. The van der Waals surface area contributed by atoms with Gasteiger partial charge in [-0.25, -0.2) is 0 Å². The number of hydrogen-bond donors (Lipinski definition) is 0. The standard InChI is InChI=1S/C16H33BrO6P2/c1-5-20-24(18,21-6-2)12-14-9-15(11-16(17)10-14)13-25(19,22-7-3)23-8-4/h14-16H,5-13H2,1-4H3. The van der Waals surface area contributed by atoms with Gasteiger partial charge < -0.3 is 18.1 Å². The molecule has 6 nitrogen and oxygen atoms in total. The van der Waals surface area contributed by atoms with Crippen LogP contribution in [-0.4, -0.2) is 43.6 Å². The molecule has 0 heterocycles. The molecule has 1 rings (SSSR count). The van der Waals surface area contributed by atoms with Gasteiger partial charge in [-0.2, -0.15) is 0 Å². The molecule has 9 heteroatoms. The van der Waals surface area contributed by atoms with Crippen LogP contribution in [0.4, 0.5) is 0 Å². The van der Waals surface area contributed by atoms with E-state index in [1.807, 2.05) is 27.7 Å². The Balaban J connectivity index is 2.76. The largest absolute Gasteiger partial charge is 0.330 e. The van der Waals surface area contributed by atoms with E-state index in [4.69, 9.17) is 18.1 Å². The first kappa shape index (κ1) is 23.8. The minimum atomic E-state index is -3.07. The van der Waals surface area contributed by atoms with Gasteiger partial charge in [0.2, 0.25) is 0 Å². The van der Waals surface area contributed by atoms with Crippen molar-refractivity contribution >= 4 is 31.1 Å². The van der Waals surface area contributed by atoms with Crippen molar-refractivity contribution in [1.29, 1.82) is 0 Å². The van der Waals surface area contributed by atoms with Crippen LogP contribution in [0.2, 0.25) is 0 Å². The van der Waals surface area contributed by atoms with Gasteiger partial charge >= 0.3 is 15.2 Å². The van der Waals surface area contributed by atoms with Crippen molar-refractivity contribution in [2.75, 3.05) is 38.8 Å². The quantitative estimate of drug-likeness (QED) is 0.273. The molecule has 0 aromatic carbocycles. The molecule has 1 saturated carbocycles. The predicted octanol–water partition coefficient (Wildman–Crippen LogP) is 5.70. The summed E-state index contributed by atoms with van der Waals surface area (Å²) in [6, 6.07) is 0. The Morgan fingerprint density at radius 3 is 1.32 bits per heavy atom. The Morgan fingerprint density at radius 1 is 0.720 bits per heavy atom. The SMILES string of the molecule is CCOP(=O)(CC1CC(Br)CC(CP(=O)(OCC)OCC)C1)OCC. The second kappa shape index (κ2) is 11.6. The fourth-order valence-electron chi connectivity index (χ4n) is 3.49. The van der Waals surface area contributed by atoms with Gasteiger partial charge in [-0.15, -0.1) is 0 Å². The lowest BCUT2D eigenvalue weighted by molar-refractivity contribution is 0.200. The van der Waals surface area contributed by atoms with E-state index >= 15 is 0 Å². The minimum Gasteiger partial charge on any atom is -0.309 e. The molecule has 0 spiro atoms. The highest BCUT2D eigenvalue weighted by molar-refractivity contribution is 9.09. The second-order valence-electron chi connectivity index (χ2n) is 6.29. The van der Waals surface area contributed by atoms with Crippen LogP contribution in [0.15, 0.2) is 0 Å². The summed E-state index contributed by atoms with van der Waals surface area (Å²) in [4.78, 5) is 0.296. The molecule has 2 atom stereocenters. The van der Waals surface area contributed by atoms with E-state index in [2.05, 4.69) is 15.9 Å². The zero-order valence-electron chi connectivity index (χ0n) is 15.8. The number of halogens is 1. The topological polar surface area (TPSA) is 71.1 Å². The van der Waals surface area contributed by atoms with Crippen LogP contribution in [0.25, 0.3) is 0 Å². The first-order valence-electron chi connectivity index (χ1n) is 9.20. The zero-order valence-corrected chi connectivity index (χ0v) is 19.2.